The summed E-state index contributed by atoms with van der Waals surface area (Å²) in [6, 6.07) is 0. The molecule has 0 aliphatic rings. The lowest BCUT2D eigenvalue weighted by Gasteiger charge is -2.35. The van der Waals surface area contributed by atoms with Gasteiger partial charge in [-0.1, -0.05) is 95.4 Å². The highest BCUT2D eigenvalue weighted by molar-refractivity contribution is 7.53. The third-order valence-electron chi connectivity index (χ3n) is 6.28. The maximum atomic E-state index is 11.8. The van der Waals surface area contributed by atoms with Crippen LogP contribution in [0.4, 0.5) is 0 Å². The molecule has 0 saturated carbocycles. The Kier molecular flexibility index (Phi) is 19.4. The Balaban J connectivity index is 3.64. The van der Waals surface area contributed by atoms with Crippen LogP contribution in [0.25, 0.3) is 0 Å². The number of aliphatic hydroxyl groups is 1. The second kappa shape index (κ2) is 19.7. The fraction of sp³-hybridized carbons (Fsp3) is 0.857. The van der Waals surface area contributed by atoms with E-state index >= 15 is 0 Å². The number of quaternary nitrogens is 1. The molecule has 0 bridgehead atoms. The number of hydrogen-bond donors (Lipinski definition) is 3. The Labute approximate surface area is 211 Å². The first-order valence-electron chi connectivity index (χ1n) is 13.9. The first-order valence-corrected chi connectivity index (χ1v) is 15.5. The molecule has 0 heterocycles. The van der Waals surface area contributed by atoms with Crippen LogP contribution in [0.3, 0.4) is 0 Å². The summed E-state index contributed by atoms with van der Waals surface area (Å²) in [7, 11) is 0.891. The molecule has 0 rings (SSSR count). The molecule has 6 heteroatoms. The smallest absolute Gasteiger partial charge is 0.362 e. The van der Waals surface area contributed by atoms with Crippen molar-refractivity contribution in [1.82, 2.24) is 0 Å². The molecule has 0 aliphatic carbocycles. The van der Waals surface area contributed by atoms with E-state index in [9.17, 15) is 19.5 Å². The predicted molar refractivity (Wildman–Crippen MR) is 147 cm³/mol. The summed E-state index contributed by atoms with van der Waals surface area (Å²) in [4.78, 5) is 19.2. The van der Waals surface area contributed by atoms with Crippen molar-refractivity contribution in [2.24, 2.45) is 0 Å². The van der Waals surface area contributed by atoms with Crippen molar-refractivity contribution in [1.29, 1.82) is 0 Å². The van der Waals surface area contributed by atoms with Crippen LogP contribution < -0.4 is 0 Å². The normalized spacial score (nSPS) is 14.9. The summed E-state index contributed by atoms with van der Waals surface area (Å²) in [5, 5.41) is 8.56. The van der Waals surface area contributed by atoms with Crippen molar-refractivity contribution in [3.63, 3.8) is 0 Å². The van der Waals surface area contributed by atoms with Crippen LogP contribution in [0.1, 0.15) is 122 Å². The van der Waals surface area contributed by atoms with E-state index in [1.807, 2.05) is 27.2 Å². The molecule has 3 N–H and O–H groups in total. The highest BCUT2D eigenvalue weighted by Gasteiger charge is 2.48. The molecule has 0 aromatic carbocycles. The summed E-state index contributed by atoms with van der Waals surface area (Å²) < 4.78 is 12.1. The van der Waals surface area contributed by atoms with Crippen LogP contribution in [0.5, 0.6) is 0 Å². The summed E-state index contributed by atoms with van der Waals surface area (Å²) >= 11 is 0. The van der Waals surface area contributed by atoms with Crippen molar-refractivity contribution in [3.05, 3.63) is 24.3 Å². The molecule has 202 valence electrons. The minimum Gasteiger partial charge on any atom is -0.373 e. The molecule has 0 aromatic heterocycles. The number of unbranched alkanes of at least 4 members (excludes halogenated alkanes) is 14. The third kappa shape index (κ3) is 19.8. The molecule has 0 aliphatic heterocycles. The first kappa shape index (κ1) is 33.5. The van der Waals surface area contributed by atoms with Crippen LogP contribution in [0, 0.1) is 0 Å². The molecule has 0 saturated heterocycles. The van der Waals surface area contributed by atoms with Crippen molar-refractivity contribution >= 4 is 7.60 Å². The standard InChI is InChI=1S/C28H56NO4P/c1-5-6-7-8-9-10-11-12-13-14-15-16-17-18-19-20-21-22-23-24-25-26-28(30,34(31,32)33)27-29(2,3)4/h15-16,23-24,30H,5-14,17-22,25-27H2,1-4H3,(H-,31,32,33)/p+1/b16-15-,24-23-. The van der Waals surface area contributed by atoms with E-state index in [-0.39, 0.29) is 13.0 Å². The molecule has 1 unspecified atom stereocenters. The highest BCUT2D eigenvalue weighted by Crippen LogP contribution is 2.52. The van der Waals surface area contributed by atoms with Gasteiger partial charge in [-0.05, 0) is 51.4 Å². The van der Waals surface area contributed by atoms with Gasteiger partial charge in [-0.2, -0.15) is 0 Å². The van der Waals surface area contributed by atoms with Gasteiger partial charge in [0.25, 0.3) is 0 Å². The van der Waals surface area contributed by atoms with Crippen molar-refractivity contribution in [2.75, 3.05) is 27.7 Å². The van der Waals surface area contributed by atoms with Gasteiger partial charge in [0, 0.05) is 0 Å². The van der Waals surface area contributed by atoms with Crippen LogP contribution in [0.2, 0.25) is 0 Å². The van der Waals surface area contributed by atoms with Crippen molar-refractivity contribution in [3.8, 4) is 0 Å². The zero-order valence-electron chi connectivity index (χ0n) is 22.9. The van der Waals surface area contributed by atoms with Gasteiger partial charge in [0.1, 0.15) is 6.54 Å². The topological polar surface area (TPSA) is 77.8 Å². The first-order chi connectivity index (χ1) is 16.0. The third-order valence-corrected chi connectivity index (χ3v) is 7.73. The number of nitrogens with zero attached hydrogens (tertiary/aromatic N) is 1. The Morgan fingerprint density at radius 3 is 1.35 bits per heavy atom. The molecule has 0 spiro atoms. The lowest BCUT2D eigenvalue weighted by atomic mass is 10.1. The second-order valence-corrected chi connectivity index (χ2v) is 13.0. The molecule has 0 fully saturated rings. The van der Waals surface area contributed by atoms with E-state index in [4.69, 9.17) is 0 Å². The zero-order valence-corrected chi connectivity index (χ0v) is 23.8. The molecule has 5 nitrogen and oxygen atoms in total. The Morgan fingerprint density at radius 2 is 1.00 bits per heavy atom. The van der Waals surface area contributed by atoms with Crippen molar-refractivity contribution < 1.29 is 23.9 Å². The van der Waals surface area contributed by atoms with Gasteiger partial charge in [0.2, 0.25) is 5.34 Å². The van der Waals surface area contributed by atoms with E-state index in [0.29, 0.717) is 10.9 Å². The molecule has 0 aromatic rings. The highest BCUT2D eigenvalue weighted by atomic mass is 31.2. The van der Waals surface area contributed by atoms with Gasteiger partial charge in [0.15, 0.2) is 0 Å². The number of rotatable bonds is 23. The number of hydrogen-bond acceptors (Lipinski definition) is 2. The van der Waals surface area contributed by atoms with Crippen LogP contribution in [0.15, 0.2) is 24.3 Å². The minimum atomic E-state index is -4.58. The predicted octanol–water partition coefficient (Wildman–Crippen LogP) is 7.71. The average molecular weight is 503 g/mol. The summed E-state index contributed by atoms with van der Waals surface area (Å²) in [6.45, 7) is 2.30. The molecular weight excluding hydrogens is 445 g/mol. The quantitative estimate of drug-likeness (QED) is 0.0578. The lowest BCUT2D eigenvalue weighted by Crippen LogP contribution is -2.49. The van der Waals surface area contributed by atoms with Gasteiger partial charge in [-0.15, -0.1) is 0 Å². The summed E-state index contributed by atoms with van der Waals surface area (Å²) in [5.74, 6) is 0. The van der Waals surface area contributed by atoms with E-state index in [0.717, 1.165) is 12.8 Å². The Morgan fingerprint density at radius 1 is 0.647 bits per heavy atom. The van der Waals surface area contributed by atoms with Crippen molar-refractivity contribution in [2.45, 2.75) is 128 Å². The number of likely N-dealkylation sites (N-methyl/N-ethyl adjacent to an activating group) is 1. The van der Waals surface area contributed by atoms with E-state index < -0.39 is 12.9 Å². The lowest BCUT2D eigenvalue weighted by molar-refractivity contribution is -0.875. The van der Waals surface area contributed by atoms with Crippen LogP contribution in [-0.2, 0) is 4.57 Å². The summed E-state index contributed by atoms with van der Waals surface area (Å²) in [6.07, 6.45) is 30.0. The SMILES string of the molecule is CCCCCCCCCCC/C=C\CCCCCC/C=C\CCC(O)(C[N+](C)(C)C)P(=O)(O)O. The minimum absolute atomic E-state index is 0.0265. The Bertz CT molecular complexity index is 579. The maximum Gasteiger partial charge on any atom is 0.362 e. The van der Waals surface area contributed by atoms with Gasteiger partial charge in [-0.25, -0.2) is 0 Å². The molecule has 0 amide bonds. The van der Waals surface area contributed by atoms with Crippen LogP contribution >= 0.6 is 7.60 Å². The fourth-order valence-corrected chi connectivity index (χ4v) is 5.34. The average Bonchev–Trinajstić information content (AvgIpc) is 2.73. The summed E-state index contributed by atoms with van der Waals surface area (Å²) in [5.41, 5.74) is 0. The fourth-order valence-electron chi connectivity index (χ4n) is 4.31. The van der Waals surface area contributed by atoms with E-state index in [1.54, 1.807) is 0 Å². The molecule has 1 atom stereocenters. The molecule has 0 radical (unpaired) electrons. The Hall–Kier alpha value is -0.450. The molecular formula is C28H57NO4P+. The zero-order chi connectivity index (χ0) is 25.8. The van der Waals surface area contributed by atoms with E-state index in [1.165, 1.54) is 89.9 Å². The van der Waals surface area contributed by atoms with Crippen LogP contribution in [-0.4, -0.2) is 52.4 Å². The van der Waals surface area contributed by atoms with Gasteiger partial charge < -0.3 is 19.4 Å². The number of allylic oxidation sites excluding steroid dienone is 4. The van der Waals surface area contributed by atoms with Gasteiger partial charge in [0.05, 0.1) is 21.1 Å². The maximum absolute atomic E-state index is 11.8. The molecule has 34 heavy (non-hydrogen) atoms. The largest absolute Gasteiger partial charge is 0.373 e. The van der Waals surface area contributed by atoms with Gasteiger partial charge in [-0.3, -0.25) is 4.57 Å². The van der Waals surface area contributed by atoms with Gasteiger partial charge >= 0.3 is 7.60 Å². The second-order valence-electron chi connectivity index (χ2n) is 11.1. The monoisotopic (exact) mass is 502 g/mol. The van der Waals surface area contributed by atoms with E-state index in [2.05, 4.69) is 25.2 Å².